The van der Waals surface area contributed by atoms with Crippen molar-refractivity contribution in [1.29, 1.82) is 0 Å². The van der Waals surface area contributed by atoms with E-state index in [-0.39, 0.29) is 24.1 Å². The van der Waals surface area contributed by atoms with Crippen LogP contribution in [0.3, 0.4) is 0 Å². The van der Waals surface area contributed by atoms with E-state index in [0.29, 0.717) is 0 Å². The van der Waals surface area contributed by atoms with Crippen LogP contribution in [0.4, 0.5) is 0 Å². The molecule has 0 saturated carbocycles. The zero-order chi connectivity index (χ0) is 13.7. The minimum Gasteiger partial charge on any atom is -0.477 e. The Balaban J connectivity index is 2.32. The van der Waals surface area contributed by atoms with Gasteiger partial charge in [-0.15, -0.1) is 0 Å². The van der Waals surface area contributed by atoms with Crippen LogP contribution in [0.25, 0.3) is 0 Å². The van der Waals surface area contributed by atoms with Crippen molar-refractivity contribution in [3.63, 3.8) is 0 Å². The molecule has 2 unspecified atom stereocenters. The van der Waals surface area contributed by atoms with Crippen LogP contribution in [-0.4, -0.2) is 60.4 Å². The van der Waals surface area contributed by atoms with Crippen LogP contribution in [0.15, 0.2) is 5.16 Å². The quantitative estimate of drug-likeness (QED) is 0.680. The van der Waals surface area contributed by atoms with E-state index < -0.39 is 12.1 Å². The number of nitrogens with one attached hydrogen (secondary N) is 1. The summed E-state index contributed by atoms with van der Waals surface area (Å²) in [4.78, 5) is 29.2. The number of oxime groups is 1. The van der Waals surface area contributed by atoms with E-state index in [1.165, 1.54) is 0 Å². The lowest BCUT2D eigenvalue weighted by molar-refractivity contribution is -0.132. The van der Waals surface area contributed by atoms with Crippen LogP contribution in [0.2, 0.25) is 0 Å². The molecule has 7 heteroatoms. The van der Waals surface area contributed by atoms with Crippen molar-refractivity contribution in [1.82, 2.24) is 10.2 Å². The first-order valence-electron chi connectivity index (χ1n) is 5.81. The van der Waals surface area contributed by atoms with Crippen molar-refractivity contribution in [3.05, 3.63) is 0 Å². The van der Waals surface area contributed by atoms with Crippen LogP contribution >= 0.6 is 0 Å². The summed E-state index contributed by atoms with van der Waals surface area (Å²) in [5.41, 5.74) is -0.115. The third kappa shape index (κ3) is 4.33. The minimum absolute atomic E-state index is 0.0115. The molecule has 0 radical (unpaired) electrons. The number of carboxylic acid groups (broad SMARTS) is 1. The molecule has 0 bridgehead atoms. The monoisotopic (exact) mass is 257 g/mol. The minimum atomic E-state index is -1.15. The van der Waals surface area contributed by atoms with Gasteiger partial charge in [0.15, 0.2) is 5.71 Å². The van der Waals surface area contributed by atoms with Crippen molar-refractivity contribution < 1.29 is 19.5 Å². The summed E-state index contributed by atoms with van der Waals surface area (Å²) in [6.45, 7) is 2.76. The van der Waals surface area contributed by atoms with Crippen molar-refractivity contribution in [2.24, 2.45) is 5.16 Å². The molecule has 2 atom stereocenters. The van der Waals surface area contributed by atoms with Crippen LogP contribution in [0.5, 0.6) is 0 Å². The fourth-order valence-corrected chi connectivity index (χ4v) is 1.50. The molecule has 7 nitrogen and oxygen atoms in total. The van der Waals surface area contributed by atoms with Crippen LogP contribution in [0, 0.1) is 0 Å². The number of carboxylic acids is 1. The van der Waals surface area contributed by atoms with Gasteiger partial charge in [0.1, 0.15) is 0 Å². The third-order valence-corrected chi connectivity index (χ3v) is 2.61. The average molecular weight is 257 g/mol. The molecule has 0 spiro atoms. The average Bonchev–Trinajstić information content (AvgIpc) is 2.75. The molecule has 1 aliphatic rings. The van der Waals surface area contributed by atoms with Gasteiger partial charge in [0.2, 0.25) is 6.10 Å². The smallest absolute Gasteiger partial charge is 0.353 e. The summed E-state index contributed by atoms with van der Waals surface area (Å²) in [7, 11) is 3.92. The highest BCUT2D eigenvalue weighted by Gasteiger charge is 2.31. The summed E-state index contributed by atoms with van der Waals surface area (Å²) in [6.07, 6.45) is 0.0116. The number of rotatable bonds is 6. The van der Waals surface area contributed by atoms with Crippen LogP contribution in [0.1, 0.15) is 19.8 Å². The van der Waals surface area contributed by atoms with E-state index in [2.05, 4.69) is 10.5 Å². The van der Waals surface area contributed by atoms with Crippen molar-refractivity contribution in [2.45, 2.75) is 31.9 Å². The predicted molar refractivity (Wildman–Crippen MR) is 65.3 cm³/mol. The first-order chi connectivity index (χ1) is 8.40. The molecule has 0 aromatic rings. The standard InChI is InChI=1S/C11H19N3O4/c1-7(4-5-14(2)3)12-10(15)9-6-8(11(16)17)13-18-9/h7,9H,4-6H2,1-3H3,(H,12,15)(H,16,17). The summed E-state index contributed by atoms with van der Waals surface area (Å²) >= 11 is 0. The van der Waals surface area contributed by atoms with Gasteiger partial charge in [0.05, 0.1) is 0 Å². The van der Waals surface area contributed by atoms with E-state index >= 15 is 0 Å². The lowest BCUT2D eigenvalue weighted by Gasteiger charge is -2.18. The maximum Gasteiger partial charge on any atom is 0.353 e. The lowest BCUT2D eigenvalue weighted by atomic mass is 10.1. The van der Waals surface area contributed by atoms with Gasteiger partial charge in [-0.1, -0.05) is 5.16 Å². The van der Waals surface area contributed by atoms with Crippen LogP contribution < -0.4 is 5.32 Å². The van der Waals surface area contributed by atoms with Gasteiger partial charge in [-0.2, -0.15) is 0 Å². The van der Waals surface area contributed by atoms with Crippen LogP contribution in [-0.2, 0) is 14.4 Å². The number of carbonyl (C=O) groups is 2. The van der Waals surface area contributed by atoms with E-state index in [9.17, 15) is 9.59 Å². The zero-order valence-corrected chi connectivity index (χ0v) is 10.8. The van der Waals surface area contributed by atoms with Gasteiger partial charge in [-0.25, -0.2) is 4.79 Å². The molecule has 0 saturated heterocycles. The number of nitrogens with zero attached hydrogens (tertiary/aromatic N) is 2. The number of carbonyl (C=O) groups excluding carboxylic acids is 1. The maximum atomic E-state index is 11.8. The first kappa shape index (κ1) is 14.4. The summed E-state index contributed by atoms with van der Waals surface area (Å²) in [6, 6.07) is 0.0115. The van der Waals surface area contributed by atoms with E-state index in [4.69, 9.17) is 9.94 Å². The highest BCUT2D eigenvalue weighted by Crippen LogP contribution is 2.11. The second-order valence-corrected chi connectivity index (χ2v) is 4.64. The van der Waals surface area contributed by atoms with Gasteiger partial charge in [-0.05, 0) is 34.0 Å². The second-order valence-electron chi connectivity index (χ2n) is 4.64. The van der Waals surface area contributed by atoms with Crippen molar-refractivity contribution in [3.8, 4) is 0 Å². The molecule has 1 amide bonds. The number of hydrogen-bond acceptors (Lipinski definition) is 5. The number of aliphatic carboxylic acids is 1. The molecule has 1 rings (SSSR count). The molecule has 0 aromatic heterocycles. The summed E-state index contributed by atoms with van der Waals surface area (Å²) in [5, 5.41) is 14.8. The highest BCUT2D eigenvalue weighted by molar-refractivity contribution is 6.36. The largest absolute Gasteiger partial charge is 0.477 e. The Hall–Kier alpha value is -1.63. The Morgan fingerprint density at radius 3 is 2.78 bits per heavy atom. The second kappa shape index (κ2) is 6.34. The first-order valence-corrected chi connectivity index (χ1v) is 5.81. The van der Waals surface area contributed by atoms with Gasteiger partial charge in [0, 0.05) is 12.5 Å². The Morgan fingerprint density at radius 2 is 2.28 bits per heavy atom. The predicted octanol–water partition coefficient (Wildman–Crippen LogP) is -0.328. The molecule has 102 valence electrons. The number of amides is 1. The molecule has 0 aromatic carbocycles. The third-order valence-electron chi connectivity index (χ3n) is 2.61. The number of hydrogen-bond donors (Lipinski definition) is 2. The normalized spacial score (nSPS) is 20.2. The molecule has 2 N–H and O–H groups in total. The van der Waals surface area contributed by atoms with E-state index in [0.717, 1.165) is 13.0 Å². The lowest BCUT2D eigenvalue weighted by Crippen LogP contribution is -2.41. The zero-order valence-electron chi connectivity index (χ0n) is 10.8. The van der Waals surface area contributed by atoms with E-state index in [1.807, 2.05) is 25.9 Å². The van der Waals surface area contributed by atoms with E-state index in [1.54, 1.807) is 0 Å². The fourth-order valence-electron chi connectivity index (χ4n) is 1.50. The molecular formula is C11H19N3O4. The van der Waals surface area contributed by atoms with Gasteiger partial charge < -0.3 is 20.2 Å². The van der Waals surface area contributed by atoms with Gasteiger partial charge >= 0.3 is 5.97 Å². The SMILES string of the molecule is CC(CCN(C)C)NC(=O)C1CC(C(=O)O)=NO1. The van der Waals surface area contributed by atoms with Crippen molar-refractivity contribution in [2.75, 3.05) is 20.6 Å². The van der Waals surface area contributed by atoms with Gasteiger partial charge in [0.25, 0.3) is 5.91 Å². The Labute approximate surface area is 106 Å². The van der Waals surface area contributed by atoms with Gasteiger partial charge in [-0.3, -0.25) is 4.79 Å². The topological polar surface area (TPSA) is 91.2 Å². The molecule has 0 aliphatic carbocycles. The molecule has 1 heterocycles. The van der Waals surface area contributed by atoms with Crippen molar-refractivity contribution >= 4 is 17.6 Å². The molecule has 18 heavy (non-hydrogen) atoms. The molecule has 0 fully saturated rings. The maximum absolute atomic E-state index is 11.8. The Morgan fingerprint density at radius 1 is 1.61 bits per heavy atom. The molecular weight excluding hydrogens is 238 g/mol. The summed E-state index contributed by atoms with van der Waals surface area (Å²) < 4.78 is 0. The fraction of sp³-hybridized carbons (Fsp3) is 0.727. The molecule has 1 aliphatic heterocycles. The highest BCUT2D eigenvalue weighted by atomic mass is 16.6. The summed E-state index contributed by atoms with van der Waals surface area (Å²) in [5.74, 6) is -1.47. The Kier molecular flexibility index (Phi) is 5.08. The Bertz CT molecular complexity index is 354.